The van der Waals surface area contributed by atoms with Crippen LogP contribution >= 0.6 is 0 Å². The van der Waals surface area contributed by atoms with Crippen molar-refractivity contribution in [3.63, 3.8) is 0 Å². The van der Waals surface area contributed by atoms with Crippen LogP contribution in [0.1, 0.15) is 38.1 Å². The van der Waals surface area contributed by atoms with Gasteiger partial charge in [-0.05, 0) is 62.9 Å². The number of rotatable bonds is 5. The summed E-state index contributed by atoms with van der Waals surface area (Å²) in [5.41, 5.74) is 3.76. The molecule has 4 rings (SSSR count). The Bertz CT molecular complexity index is 1340. The van der Waals surface area contributed by atoms with E-state index in [9.17, 15) is 13.7 Å². The molecule has 8 heteroatoms. The van der Waals surface area contributed by atoms with Gasteiger partial charge in [0.25, 0.3) is 0 Å². The fourth-order valence-corrected chi connectivity index (χ4v) is 5.31. The zero-order valence-electron chi connectivity index (χ0n) is 18.8. The molecule has 1 saturated heterocycles. The fourth-order valence-electron chi connectivity index (χ4n) is 3.81. The standard InChI is InChI=1S/C25H27N5O2S/c1-25(2,17-26)24-9-8-20(16-28-24)27-12-4-5-19-15-21-22(6-3-7-23(21)30-19)29-18-10-13-33(31,32)14-11-18/h3,6-9,15-16,18,27,29-30H,10-14H2,1-2H3. The summed E-state index contributed by atoms with van der Waals surface area (Å²) in [6.07, 6.45) is 2.98. The van der Waals surface area contributed by atoms with Crippen molar-refractivity contribution in [1.82, 2.24) is 9.97 Å². The summed E-state index contributed by atoms with van der Waals surface area (Å²) in [6.45, 7) is 4.14. The molecule has 7 nitrogen and oxygen atoms in total. The summed E-state index contributed by atoms with van der Waals surface area (Å²) in [5, 5.41) is 17.0. The van der Waals surface area contributed by atoms with Crippen molar-refractivity contribution in [1.29, 1.82) is 5.26 Å². The number of aromatic amines is 1. The van der Waals surface area contributed by atoms with Crippen molar-refractivity contribution < 1.29 is 8.42 Å². The average Bonchev–Trinajstić information content (AvgIpc) is 3.22. The number of H-pyrrole nitrogens is 1. The lowest BCUT2D eigenvalue weighted by Crippen LogP contribution is -2.32. The third-order valence-corrected chi connectivity index (χ3v) is 7.58. The monoisotopic (exact) mass is 461 g/mol. The van der Waals surface area contributed by atoms with Crippen molar-refractivity contribution in [3.8, 4) is 17.9 Å². The number of anilines is 2. The summed E-state index contributed by atoms with van der Waals surface area (Å²) in [7, 11) is -2.88. The topological polar surface area (TPSA) is 111 Å². The first-order valence-electron chi connectivity index (χ1n) is 10.9. The lowest BCUT2D eigenvalue weighted by atomic mass is 9.91. The van der Waals surface area contributed by atoms with Gasteiger partial charge in [-0.25, -0.2) is 8.42 Å². The summed E-state index contributed by atoms with van der Waals surface area (Å²) in [4.78, 5) is 7.71. The smallest absolute Gasteiger partial charge is 0.150 e. The Balaban J connectivity index is 1.39. The lowest BCUT2D eigenvalue weighted by Gasteiger charge is -2.24. The quantitative estimate of drug-likeness (QED) is 0.498. The molecule has 0 atom stereocenters. The van der Waals surface area contributed by atoms with Crippen LogP contribution in [-0.2, 0) is 15.3 Å². The highest BCUT2D eigenvalue weighted by Gasteiger charge is 2.24. The molecule has 1 aliphatic rings. The molecule has 1 fully saturated rings. The molecule has 0 spiro atoms. The van der Waals surface area contributed by atoms with Crippen LogP contribution in [0.2, 0.25) is 0 Å². The van der Waals surface area contributed by atoms with Crippen molar-refractivity contribution in [2.75, 3.05) is 28.7 Å². The molecule has 0 radical (unpaired) electrons. The third-order valence-electron chi connectivity index (χ3n) is 5.87. The van der Waals surface area contributed by atoms with Crippen LogP contribution in [0.5, 0.6) is 0 Å². The number of sulfone groups is 1. The van der Waals surface area contributed by atoms with E-state index in [1.54, 1.807) is 6.20 Å². The predicted molar refractivity (Wildman–Crippen MR) is 132 cm³/mol. The van der Waals surface area contributed by atoms with Gasteiger partial charge in [0.2, 0.25) is 0 Å². The second-order valence-electron chi connectivity index (χ2n) is 8.84. The third kappa shape index (κ3) is 5.47. The van der Waals surface area contributed by atoms with Gasteiger partial charge in [0.05, 0.1) is 52.8 Å². The molecule has 0 aliphatic carbocycles. The van der Waals surface area contributed by atoms with Crippen molar-refractivity contribution in [2.24, 2.45) is 0 Å². The van der Waals surface area contributed by atoms with E-state index in [-0.39, 0.29) is 17.5 Å². The van der Waals surface area contributed by atoms with Gasteiger partial charge in [-0.1, -0.05) is 12.0 Å². The molecular weight excluding hydrogens is 434 g/mol. The van der Waals surface area contributed by atoms with Crippen LogP contribution < -0.4 is 10.6 Å². The number of pyridine rings is 1. The van der Waals surface area contributed by atoms with E-state index in [1.165, 1.54) is 0 Å². The van der Waals surface area contributed by atoms with Crippen LogP contribution in [0.4, 0.5) is 11.4 Å². The van der Waals surface area contributed by atoms with Gasteiger partial charge in [-0.15, -0.1) is 0 Å². The Labute approximate surface area is 194 Å². The highest BCUT2D eigenvalue weighted by atomic mass is 32.2. The van der Waals surface area contributed by atoms with E-state index >= 15 is 0 Å². The molecule has 3 aromatic rings. The zero-order valence-corrected chi connectivity index (χ0v) is 19.6. The Kier molecular flexibility index (Phi) is 6.31. The highest BCUT2D eigenvalue weighted by molar-refractivity contribution is 7.91. The molecule has 0 amide bonds. The molecule has 0 unspecified atom stereocenters. The first-order valence-corrected chi connectivity index (χ1v) is 12.8. The maximum absolute atomic E-state index is 11.7. The minimum Gasteiger partial charge on any atom is -0.382 e. The van der Waals surface area contributed by atoms with Gasteiger partial charge < -0.3 is 15.6 Å². The molecule has 170 valence electrons. The number of hydrogen-bond donors (Lipinski definition) is 3. The second kappa shape index (κ2) is 9.17. The Morgan fingerprint density at radius 3 is 2.70 bits per heavy atom. The van der Waals surface area contributed by atoms with Crippen molar-refractivity contribution in [3.05, 3.63) is 54.0 Å². The summed E-state index contributed by atoms with van der Waals surface area (Å²) < 4.78 is 23.4. The molecule has 1 aromatic carbocycles. The summed E-state index contributed by atoms with van der Waals surface area (Å²) in [6, 6.07) is 14.2. The average molecular weight is 462 g/mol. The van der Waals surface area contributed by atoms with E-state index in [4.69, 9.17) is 0 Å². The largest absolute Gasteiger partial charge is 0.382 e. The van der Waals surface area contributed by atoms with E-state index in [1.807, 2.05) is 50.2 Å². The fraction of sp³-hybridized carbons (Fsp3) is 0.360. The molecule has 1 aliphatic heterocycles. The van der Waals surface area contributed by atoms with Gasteiger partial charge >= 0.3 is 0 Å². The van der Waals surface area contributed by atoms with Crippen molar-refractivity contribution >= 4 is 32.1 Å². The van der Waals surface area contributed by atoms with Crippen LogP contribution in [0.3, 0.4) is 0 Å². The normalized spacial score (nSPS) is 15.9. The van der Waals surface area contributed by atoms with Crippen LogP contribution in [-0.4, -0.2) is 42.5 Å². The van der Waals surface area contributed by atoms with Crippen LogP contribution in [0.15, 0.2) is 42.6 Å². The van der Waals surface area contributed by atoms with E-state index < -0.39 is 15.3 Å². The minimum absolute atomic E-state index is 0.159. The van der Waals surface area contributed by atoms with Gasteiger partial charge in [0, 0.05) is 22.6 Å². The summed E-state index contributed by atoms with van der Waals surface area (Å²) in [5.74, 6) is 6.75. The Morgan fingerprint density at radius 2 is 2.00 bits per heavy atom. The van der Waals surface area contributed by atoms with Gasteiger partial charge in [0.15, 0.2) is 0 Å². The first kappa shape index (κ1) is 22.7. The molecule has 0 bridgehead atoms. The molecule has 0 saturated carbocycles. The SMILES string of the molecule is CC(C)(C#N)c1ccc(NCC#Cc2cc3c(NC4CCS(=O)(=O)CC4)cccc3[nH]2)cn1. The van der Waals surface area contributed by atoms with E-state index in [0.717, 1.165) is 33.7 Å². The predicted octanol–water partition coefficient (Wildman–Crippen LogP) is 3.82. The van der Waals surface area contributed by atoms with Crippen LogP contribution in [0, 0.1) is 23.2 Å². The zero-order chi connectivity index (χ0) is 23.5. The molecule has 3 heterocycles. The number of fused-ring (bicyclic) bond motifs is 1. The van der Waals surface area contributed by atoms with Crippen molar-refractivity contribution in [2.45, 2.75) is 38.1 Å². The Morgan fingerprint density at radius 1 is 1.21 bits per heavy atom. The van der Waals surface area contributed by atoms with E-state index in [0.29, 0.717) is 19.4 Å². The summed E-state index contributed by atoms with van der Waals surface area (Å²) >= 11 is 0. The second-order valence-corrected chi connectivity index (χ2v) is 11.1. The lowest BCUT2D eigenvalue weighted by molar-refractivity contribution is 0.560. The molecule has 2 aromatic heterocycles. The van der Waals surface area contributed by atoms with Crippen LogP contribution in [0.25, 0.3) is 10.9 Å². The highest BCUT2D eigenvalue weighted by Crippen LogP contribution is 2.27. The van der Waals surface area contributed by atoms with E-state index in [2.05, 4.69) is 38.5 Å². The number of aromatic nitrogens is 2. The first-order chi connectivity index (χ1) is 15.8. The maximum atomic E-state index is 11.7. The molecule has 3 N–H and O–H groups in total. The number of nitrogens with zero attached hydrogens (tertiary/aromatic N) is 2. The minimum atomic E-state index is -2.88. The number of nitrogens with one attached hydrogen (secondary N) is 3. The molecule has 33 heavy (non-hydrogen) atoms. The van der Waals surface area contributed by atoms with Gasteiger partial charge in [0.1, 0.15) is 9.84 Å². The maximum Gasteiger partial charge on any atom is 0.150 e. The number of hydrogen-bond acceptors (Lipinski definition) is 6. The van der Waals surface area contributed by atoms with Gasteiger partial charge in [-0.3, -0.25) is 4.98 Å². The molecular formula is C25H27N5O2S. The Hall–Kier alpha value is -3.49. The number of nitriles is 1. The number of benzene rings is 1. The van der Waals surface area contributed by atoms with Gasteiger partial charge in [-0.2, -0.15) is 5.26 Å².